The van der Waals surface area contributed by atoms with E-state index in [1.165, 1.54) is 42.0 Å². The first kappa shape index (κ1) is 25.3. The molecule has 0 spiro atoms. The van der Waals surface area contributed by atoms with Crippen LogP contribution in [0.15, 0.2) is 70.6 Å². The highest BCUT2D eigenvalue weighted by atomic mass is 35.5. The van der Waals surface area contributed by atoms with E-state index in [1.54, 1.807) is 55.6 Å². The predicted octanol–water partition coefficient (Wildman–Crippen LogP) is 6.00. The molecule has 0 unspecified atom stereocenters. The number of carboxylic acids is 1. The number of amidine groups is 1. The normalized spacial score (nSPS) is 15.6. The summed E-state index contributed by atoms with van der Waals surface area (Å²) in [7, 11) is 3.07. The van der Waals surface area contributed by atoms with E-state index in [1.807, 2.05) is 0 Å². The fourth-order valence-corrected chi connectivity index (χ4v) is 4.58. The summed E-state index contributed by atoms with van der Waals surface area (Å²) >= 11 is 7.62. The van der Waals surface area contributed by atoms with E-state index in [0.29, 0.717) is 32.6 Å². The van der Waals surface area contributed by atoms with Crippen LogP contribution in [0.1, 0.15) is 21.5 Å². The summed E-state index contributed by atoms with van der Waals surface area (Å²) in [6.07, 6.45) is 1.66. The molecule has 0 aromatic heterocycles. The van der Waals surface area contributed by atoms with Gasteiger partial charge in [-0.1, -0.05) is 29.8 Å². The van der Waals surface area contributed by atoms with Crippen molar-refractivity contribution in [3.63, 3.8) is 0 Å². The average molecular weight is 527 g/mol. The number of ether oxygens (including phenoxy) is 2. The summed E-state index contributed by atoms with van der Waals surface area (Å²) in [6.45, 7) is -0.0322. The maximum absolute atomic E-state index is 13.9. The molecular weight excluding hydrogens is 507 g/mol. The lowest BCUT2D eigenvalue weighted by Crippen LogP contribution is -2.23. The van der Waals surface area contributed by atoms with Crippen molar-refractivity contribution in [2.75, 3.05) is 14.2 Å². The Labute approximate surface area is 215 Å². The smallest absolute Gasteiger partial charge is 0.335 e. The Morgan fingerprint density at radius 2 is 1.92 bits per heavy atom. The van der Waals surface area contributed by atoms with Crippen LogP contribution in [0.5, 0.6) is 11.5 Å². The predicted molar refractivity (Wildman–Crippen MR) is 138 cm³/mol. The Balaban J connectivity index is 1.56. The molecule has 10 heteroatoms. The number of rotatable bonds is 7. The molecule has 1 N–H and O–H groups in total. The van der Waals surface area contributed by atoms with Crippen LogP contribution in [0.4, 0.5) is 10.1 Å². The van der Waals surface area contributed by atoms with Crippen molar-refractivity contribution >= 4 is 52.2 Å². The lowest BCUT2D eigenvalue weighted by atomic mass is 10.1. The van der Waals surface area contributed by atoms with Crippen molar-refractivity contribution in [1.29, 1.82) is 0 Å². The van der Waals surface area contributed by atoms with Gasteiger partial charge in [-0.05, 0) is 65.9 Å². The van der Waals surface area contributed by atoms with Gasteiger partial charge < -0.3 is 14.6 Å². The first-order valence-electron chi connectivity index (χ1n) is 10.6. The number of thioether (sulfide) groups is 1. The van der Waals surface area contributed by atoms with Gasteiger partial charge in [0.05, 0.1) is 28.3 Å². The van der Waals surface area contributed by atoms with Crippen LogP contribution in [0.25, 0.3) is 6.08 Å². The van der Waals surface area contributed by atoms with Crippen molar-refractivity contribution in [2.45, 2.75) is 6.61 Å². The second-order valence-corrected chi connectivity index (χ2v) is 9.05. The third-order valence-corrected chi connectivity index (χ3v) is 6.56. The number of carbonyl (C=O) groups excluding carboxylic acids is 1. The molecule has 1 fully saturated rings. The Kier molecular flexibility index (Phi) is 7.61. The highest BCUT2D eigenvalue weighted by Crippen LogP contribution is 2.39. The van der Waals surface area contributed by atoms with Gasteiger partial charge in [-0.15, -0.1) is 0 Å². The molecule has 184 valence electrons. The van der Waals surface area contributed by atoms with Gasteiger partial charge in [-0.3, -0.25) is 9.69 Å². The number of hydrogen-bond donors (Lipinski definition) is 1. The number of amides is 1. The topological polar surface area (TPSA) is 88.4 Å². The van der Waals surface area contributed by atoms with Crippen LogP contribution < -0.4 is 9.47 Å². The van der Waals surface area contributed by atoms with Crippen molar-refractivity contribution in [2.24, 2.45) is 4.99 Å². The molecule has 0 atom stereocenters. The van der Waals surface area contributed by atoms with Crippen LogP contribution in [0.3, 0.4) is 0 Å². The van der Waals surface area contributed by atoms with Crippen LogP contribution in [0.2, 0.25) is 5.02 Å². The number of likely N-dealkylation sites (N-methyl/N-ethyl adjacent to an activating group) is 1. The minimum Gasteiger partial charge on any atom is -0.493 e. The Morgan fingerprint density at radius 1 is 1.19 bits per heavy atom. The van der Waals surface area contributed by atoms with Gasteiger partial charge in [0, 0.05) is 12.6 Å². The third kappa shape index (κ3) is 5.53. The molecule has 0 aliphatic carbocycles. The van der Waals surface area contributed by atoms with Crippen molar-refractivity contribution < 1.29 is 28.6 Å². The van der Waals surface area contributed by atoms with Gasteiger partial charge in [0.15, 0.2) is 16.7 Å². The minimum absolute atomic E-state index is 0.0322. The van der Waals surface area contributed by atoms with E-state index >= 15 is 0 Å². The molecule has 4 rings (SSSR count). The maximum Gasteiger partial charge on any atom is 0.335 e. The van der Waals surface area contributed by atoms with E-state index in [2.05, 4.69) is 4.99 Å². The summed E-state index contributed by atoms with van der Waals surface area (Å²) in [6, 6.07) is 15.6. The molecule has 1 aliphatic heterocycles. The first-order valence-corrected chi connectivity index (χ1v) is 11.8. The number of aromatic carboxylic acids is 1. The third-order valence-electron chi connectivity index (χ3n) is 5.22. The van der Waals surface area contributed by atoms with Gasteiger partial charge in [0.1, 0.15) is 12.4 Å². The molecule has 3 aromatic rings. The fourth-order valence-electron chi connectivity index (χ4n) is 3.32. The van der Waals surface area contributed by atoms with Crippen LogP contribution in [0, 0.1) is 5.82 Å². The zero-order valence-corrected chi connectivity index (χ0v) is 20.8. The standard InChI is InChI=1S/C26H20ClFN2O5S/c1-30-24(31)22(36-26(30)29-18-9-7-16(8-10-18)25(32)33)13-15-11-19(27)23(21(12-15)34-2)35-14-17-5-3-4-6-20(17)28/h3-13H,14H2,1-2H3,(H,32,33). The van der Waals surface area contributed by atoms with Gasteiger partial charge in [-0.2, -0.15) is 0 Å². The molecule has 36 heavy (non-hydrogen) atoms. The second-order valence-electron chi connectivity index (χ2n) is 7.64. The van der Waals surface area contributed by atoms with E-state index in [4.69, 9.17) is 26.2 Å². The van der Waals surface area contributed by atoms with E-state index in [9.17, 15) is 14.0 Å². The summed E-state index contributed by atoms with van der Waals surface area (Å²) < 4.78 is 25.1. The molecular formula is C26H20ClFN2O5S. The molecule has 0 saturated carbocycles. The molecule has 3 aromatic carbocycles. The van der Waals surface area contributed by atoms with Crippen LogP contribution >= 0.6 is 23.4 Å². The van der Waals surface area contributed by atoms with Gasteiger partial charge in [-0.25, -0.2) is 14.2 Å². The molecule has 1 amide bonds. The molecule has 0 bridgehead atoms. The number of benzene rings is 3. The van der Waals surface area contributed by atoms with Crippen LogP contribution in [-0.4, -0.2) is 41.2 Å². The summed E-state index contributed by atoms with van der Waals surface area (Å²) in [5.41, 5.74) is 1.65. The molecule has 1 saturated heterocycles. The number of hydrogen-bond acceptors (Lipinski definition) is 6. The Hall–Kier alpha value is -3.82. The van der Waals surface area contributed by atoms with E-state index in [0.717, 1.165) is 0 Å². The molecule has 7 nitrogen and oxygen atoms in total. The fraction of sp³-hybridized carbons (Fsp3) is 0.115. The van der Waals surface area contributed by atoms with Crippen molar-refractivity contribution in [3.05, 3.63) is 93.1 Å². The number of nitrogens with zero attached hydrogens (tertiary/aromatic N) is 2. The number of aliphatic imine (C=N–C) groups is 1. The lowest BCUT2D eigenvalue weighted by Gasteiger charge is -2.14. The lowest BCUT2D eigenvalue weighted by molar-refractivity contribution is -0.121. The second kappa shape index (κ2) is 10.8. The SMILES string of the molecule is COc1cc(C=C2SC(=Nc3ccc(C(=O)O)cc3)N(C)C2=O)cc(Cl)c1OCc1ccccc1F. The number of halogens is 2. The zero-order valence-electron chi connectivity index (χ0n) is 19.2. The van der Waals surface area contributed by atoms with Gasteiger partial charge in [0.2, 0.25) is 0 Å². The quantitative estimate of drug-likeness (QED) is 0.380. The Bertz CT molecular complexity index is 1390. The number of carbonyl (C=O) groups is 2. The molecule has 1 aliphatic rings. The maximum atomic E-state index is 13.9. The average Bonchev–Trinajstić information content (AvgIpc) is 3.12. The molecule has 1 heterocycles. The van der Waals surface area contributed by atoms with Gasteiger partial charge in [0.25, 0.3) is 5.91 Å². The van der Waals surface area contributed by atoms with Crippen LogP contribution in [-0.2, 0) is 11.4 Å². The van der Waals surface area contributed by atoms with Gasteiger partial charge >= 0.3 is 5.97 Å². The summed E-state index contributed by atoms with van der Waals surface area (Å²) in [5.74, 6) is -1.07. The number of carboxylic acid groups (broad SMARTS) is 1. The van der Waals surface area contributed by atoms with E-state index in [-0.39, 0.29) is 34.7 Å². The van der Waals surface area contributed by atoms with Crippen molar-refractivity contribution in [1.82, 2.24) is 4.90 Å². The van der Waals surface area contributed by atoms with E-state index < -0.39 is 5.97 Å². The Morgan fingerprint density at radius 3 is 2.58 bits per heavy atom. The summed E-state index contributed by atoms with van der Waals surface area (Å²) in [4.78, 5) is 30.1. The van der Waals surface area contributed by atoms with Crippen molar-refractivity contribution in [3.8, 4) is 11.5 Å². The number of methoxy groups -OCH3 is 1. The zero-order chi connectivity index (χ0) is 25.8. The molecule has 0 radical (unpaired) electrons. The highest BCUT2D eigenvalue weighted by Gasteiger charge is 2.30. The monoisotopic (exact) mass is 526 g/mol. The highest BCUT2D eigenvalue weighted by molar-refractivity contribution is 8.18. The minimum atomic E-state index is -1.03. The largest absolute Gasteiger partial charge is 0.493 e. The first-order chi connectivity index (χ1) is 17.3. The summed E-state index contributed by atoms with van der Waals surface area (Å²) in [5, 5.41) is 9.72.